The van der Waals surface area contributed by atoms with Gasteiger partial charge in [-0.15, -0.1) is 0 Å². The van der Waals surface area contributed by atoms with Crippen LogP contribution in [0.5, 0.6) is 0 Å². The molecule has 1 heterocycles. The molecule has 7 nitrogen and oxygen atoms in total. The average Bonchev–Trinajstić information content (AvgIpc) is 2.93. The molecule has 0 bridgehead atoms. The average molecular weight is 406 g/mol. The second-order valence-electron chi connectivity index (χ2n) is 6.34. The van der Waals surface area contributed by atoms with Crippen LogP contribution in [0.15, 0.2) is 42.5 Å². The minimum atomic E-state index is -0.648. The quantitative estimate of drug-likeness (QED) is 0.579. The maximum absolute atomic E-state index is 13.9. The fourth-order valence-electron chi connectivity index (χ4n) is 3.14. The first kappa shape index (κ1) is 19.8. The number of benzene rings is 2. The van der Waals surface area contributed by atoms with Crippen molar-refractivity contribution in [1.82, 2.24) is 9.80 Å². The first-order valence-electron chi connectivity index (χ1n) is 8.65. The normalized spacial score (nSPS) is 14.5. The van der Waals surface area contributed by atoms with E-state index in [4.69, 9.17) is 11.6 Å². The first-order valence-corrected chi connectivity index (χ1v) is 9.03. The van der Waals surface area contributed by atoms with Gasteiger partial charge in [-0.2, -0.15) is 0 Å². The third kappa shape index (κ3) is 4.12. The van der Waals surface area contributed by atoms with E-state index in [2.05, 4.69) is 0 Å². The highest BCUT2D eigenvalue weighted by Gasteiger charge is 2.28. The molecule has 1 aliphatic heterocycles. The molecular formula is C19H17ClFN3O4. The predicted octanol–water partition coefficient (Wildman–Crippen LogP) is 3.38. The highest BCUT2D eigenvalue weighted by atomic mass is 35.5. The molecule has 9 heteroatoms. The van der Waals surface area contributed by atoms with Gasteiger partial charge in [-0.25, -0.2) is 4.39 Å². The number of rotatable bonds is 3. The SMILES string of the molecule is O=C(c1ccccc1F)N1CCCN(C(=O)c2ccc(Cl)cc2[N+](=O)[O-])CC1. The van der Waals surface area contributed by atoms with Crippen LogP contribution in [0.2, 0.25) is 5.02 Å². The van der Waals surface area contributed by atoms with Crippen molar-refractivity contribution in [2.75, 3.05) is 26.2 Å². The number of nitrogens with zero attached hydrogens (tertiary/aromatic N) is 3. The largest absolute Gasteiger partial charge is 0.337 e. The van der Waals surface area contributed by atoms with Crippen molar-refractivity contribution >= 4 is 29.1 Å². The van der Waals surface area contributed by atoms with Gasteiger partial charge in [-0.05, 0) is 30.7 Å². The Hall–Kier alpha value is -3.00. The summed E-state index contributed by atoms with van der Waals surface area (Å²) in [5.41, 5.74) is -0.431. The maximum Gasteiger partial charge on any atom is 0.283 e. The number of hydrogen-bond acceptors (Lipinski definition) is 4. The molecule has 0 unspecified atom stereocenters. The molecule has 28 heavy (non-hydrogen) atoms. The zero-order valence-electron chi connectivity index (χ0n) is 14.8. The van der Waals surface area contributed by atoms with Crippen LogP contribution in [-0.4, -0.2) is 52.7 Å². The molecule has 0 aliphatic carbocycles. The third-order valence-corrected chi connectivity index (χ3v) is 4.80. The van der Waals surface area contributed by atoms with E-state index in [0.717, 1.165) is 6.07 Å². The van der Waals surface area contributed by atoms with Crippen molar-refractivity contribution in [3.05, 3.63) is 74.5 Å². The summed E-state index contributed by atoms with van der Waals surface area (Å²) in [7, 11) is 0. The zero-order valence-corrected chi connectivity index (χ0v) is 15.6. The van der Waals surface area contributed by atoms with E-state index in [1.807, 2.05) is 0 Å². The van der Waals surface area contributed by atoms with Gasteiger partial charge in [0.2, 0.25) is 0 Å². The number of nitro benzene ring substituents is 1. The molecule has 3 rings (SSSR count). The standard InChI is InChI=1S/C19H17ClFN3O4/c20-13-6-7-15(17(12-13)24(27)28)19(26)23-9-3-8-22(10-11-23)18(25)14-4-1-2-5-16(14)21/h1-2,4-7,12H,3,8-11H2. The first-order chi connectivity index (χ1) is 13.4. The smallest absolute Gasteiger partial charge is 0.283 e. The zero-order chi connectivity index (χ0) is 20.3. The predicted molar refractivity (Wildman–Crippen MR) is 101 cm³/mol. The van der Waals surface area contributed by atoms with Crippen molar-refractivity contribution in [3.8, 4) is 0 Å². The fraction of sp³-hybridized carbons (Fsp3) is 0.263. The molecular weight excluding hydrogens is 389 g/mol. The topological polar surface area (TPSA) is 83.8 Å². The molecule has 2 aromatic rings. The van der Waals surface area contributed by atoms with Crippen molar-refractivity contribution in [2.24, 2.45) is 0 Å². The van der Waals surface area contributed by atoms with Gasteiger partial charge >= 0.3 is 0 Å². The molecule has 2 aromatic carbocycles. The Balaban J connectivity index is 1.75. The molecule has 0 aromatic heterocycles. The number of hydrogen-bond donors (Lipinski definition) is 0. The summed E-state index contributed by atoms with van der Waals surface area (Å²) in [6, 6.07) is 9.63. The van der Waals surface area contributed by atoms with Crippen molar-refractivity contribution in [1.29, 1.82) is 0 Å². The second-order valence-corrected chi connectivity index (χ2v) is 6.77. The summed E-state index contributed by atoms with van der Waals surface area (Å²) in [4.78, 5) is 38.9. The third-order valence-electron chi connectivity index (χ3n) is 4.56. The Morgan fingerprint density at radius 3 is 2.18 bits per heavy atom. The van der Waals surface area contributed by atoms with Gasteiger partial charge < -0.3 is 9.80 Å². The lowest BCUT2D eigenvalue weighted by Crippen LogP contribution is -2.37. The van der Waals surface area contributed by atoms with Crippen LogP contribution >= 0.6 is 11.6 Å². The van der Waals surface area contributed by atoms with Gasteiger partial charge in [-0.3, -0.25) is 19.7 Å². The maximum atomic E-state index is 13.9. The molecule has 1 fully saturated rings. The van der Waals surface area contributed by atoms with E-state index in [1.165, 1.54) is 40.1 Å². The number of halogens is 2. The highest BCUT2D eigenvalue weighted by molar-refractivity contribution is 6.31. The molecule has 0 spiro atoms. The monoisotopic (exact) mass is 405 g/mol. The van der Waals surface area contributed by atoms with E-state index in [0.29, 0.717) is 19.5 Å². The summed E-state index contributed by atoms with van der Waals surface area (Å²) >= 11 is 5.80. The summed E-state index contributed by atoms with van der Waals surface area (Å²) < 4.78 is 13.9. The summed E-state index contributed by atoms with van der Waals surface area (Å²) in [5.74, 6) is -1.53. The van der Waals surface area contributed by atoms with Gasteiger partial charge in [0.1, 0.15) is 11.4 Å². The Labute approximate surface area is 165 Å². The highest BCUT2D eigenvalue weighted by Crippen LogP contribution is 2.25. The molecule has 1 saturated heterocycles. The van der Waals surface area contributed by atoms with E-state index in [9.17, 15) is 24.1 Å². The van der Waals surface area contributed by atoms with Gasteiger partial charge in [0.25, 0.3) is 17.5 Å². The second kappa shape index (κ2) is 8.35. The lowest BCUT2D eigenvalue weighted by Gasteiger charge is -2.22. The molecule has 146 valence electrons. The van der Waals surface area contributed by atoms with Crippen LogP contribution in [0.4, 0.5) is 10.1 Å². The van der Waals surface area contributed by atoms with Crippen LogP contribution in [0.3, 0.4) is 0 Å². The Morgan fingerprint density at radius 1 is 0.964 bits per heavy atom. The van der Waals surface area contributed by atoms with E-state index < -0.39 is 22.6 Å². The van der Waals surface area contributed by atoms with Crippen LogP contribution in [0.25, 0.3) is 0 Å². The van der Waals surface area contributed by atoms with E-state index >= 15 is 0 Å². The molecule has 0 N–H and O–H groups in total. The van der Waals surface area contributed by atoms with E-state index in [1.54, 1.807) is 6.07 Å². The van der Waals surface area contributed by atoms with Crippen molar-refractivity contribution in [2.45, 2.75) is 6.42 Å². The minimum Gasteiger partial charge on any atom is -0.337 e. The van der Waals surface area contributed by atoms with Crippen LogP contribution in [0, 0.1) is 15.9 Å². The Bertz CT molecular complexity index is 937. The summed E-state index contributed by atoms with van der Waals surface area (Å²) in [6.07, 6.45) is 0.479. The van der Waals surface area contributed by atoms with Crippen LogP contribution in [-0.2, 0) is 0 Å². The summed E-state index contributed by atoms with van der Waals surface area (Å²) in [5, 5.41) is 11.4. The lowest BCUT2D eigenvalue weighted by molar-refractivity contribution is -0.385. The molecule has 2 amide bonds. The van der Waals surface area contributed by atoms with Crippen molar-refractivity contribution < 1.29 is 18.9 Å². The molecule has 1 aliphatic rings. The minimum absolute atomic E-state index is 0.0179. The Kier molecular flexibility index (Phi) is 5.89. The molecule has 0 saturated carbocycles. The van der Waals surface area contributed by atoms with Crippen molar-refractivity contribution in [3.63, 3.8) is 0 Å². The van der Waals surface area contributed by atoms with Crippen LogP contribution < -0.4 is 0 Å². The van der Waals surface area contributed by atoms with Gasteiger partial charge in [0, 0.05) is 37.3 Å². The molecule has 0 atom stereocenters. The number of carbonyl (C=O) groups is 2. The van der Waals surface area contributed by atoms with E-state index in [-0.39, 0.29) is 34.9 Å². The summed E-state index contributed by atoms with van der Waals surface area (Å²) in [6.45, 7) is 1.10. The molecule has 0 radical (unpaired) electrons. The Morgan fingerprint density at radius 2 is 1.57 bits per heavy atom. The van der Waals surface area contributed by atoms with Gasteiger partial charge in [0.05, 0.1) is 10.5 Å². The van der Waals surface area contributed by atoms with Crippen LogP contribution in [0.1, 0.15) is 27.1 Å². The number of carbonyl (C=O) groups excluding carboxylic acids is 2. The van der Waals surface area contributed by atoms with Gasteiger partial charge in [-0.1, -0.05) is 23.7 Å². The fourth-order valence-corrected chi connectivity index (χ4v) is 3.30. The number of amides is 2. The lowest BCUT2D eigenvalue weighted by atomic mass is 10.1. The number of nitro groups is 1. The van der Waals surface area contributed by atoms with Gasteiger partial charge in [0.15, 0.2) is 0 Å².